The molecule has 1 aromatic rings. The SMILES string of the molecule is CC(Sc1ccc(C(N)=O)cn1)C(=O)O. The van der Waals surface area contributed by atoms with Gasteiger partial charge in [-0.1, -0.05) is 11.8 Å². The van der Waals surface area contributed by atoms with Crippen LogP contribution >= 0.6 is 11.8 Å². The molecule has 0 saturated carbocycles. The van der Waals surface area contributed by atoms with Crippen molar-refractivity contribution in [2.24, 2.45) is 5.73 Å². The van der Waals surface area contributed by atoms with E-state index in [1.165, 1.54) is 12.3 Å². The lowest BCUT2D eigenvalue weighted by atomic mass is 10.3. The van der Waals surface area contributed by atoms with Gasteiger partial charge in [0.1, 0.15) is 5.25 Å². The van der Waals surface area contributed by atoms with E-state index >= 15 is 0 Å². The summed E-state index contributed by atoms with van der Waals surface area (Å²) in [6.45, 7) is 1.57. The van der Waals surface area contributed by atoms with E-state index in [1.54, 1.807) is 13.0 Å². The lowest BCUT2D eigenvalue weighted by Crippen LogP contribution is -2.12. The lowest BCUT2D eigenvalue weighted by Gasteiger charge is -2.04. The van der Waals surface area contributed by atoms with E-state index < -0.39 is 17.1 Å². The maximum Gasteiger partial charge on any atom is 0.316 e. The summed E-state index contributed by atoms with van der Waals surface area (Å²) in [4.78, 5) is 25.2. The Hall–Kier alpha value is -1.56. The van der Waals surface area contributed by atoms with Crippen molar-refractivity contribution in [2.45, 2.75) is 17.2 Å². The molecule has 0 radical (unpaired) electrons. The number of pyridine rings is 1. The molecule has 0 saturated heterocycles. The van der Waals surface area contributed by atoms with Crippen LogP contribution in [0.2, 0.25) is 0 Å². The lowest BCUT2D eigenvalue weighted by molar-refractivity contribution is -0.136. The molecule has 0 aliphatic heterocycles. The molecular weight excluding hydrogens is 216 g/mol. The third-order valence-electron chi connectivity index (χ3n) is 1.67. The summed E-state index contributed by atoms with van der Waals surface area (Å²) >= 11 is 1.11. The number of amides is 1. The van der Waals surface area contributed by atoms with Crippen LogP contribution in [0.15, 0.2) is 23.4 Å². The van der Waals surface area contributed by atoms with Gasteiger partial charge in [0.25, 0.3) is 0 Å². The first kappa shape index (κ1) is 11.5. The first-order chi connectivity index (χ1) is 7.00. The highest BCUT2D eigenvalue weighted by Crippen LogP contribution is 2.20. The average molecular weight is 226 g/mol. The van der Waals surface area contributed by atoms with Gasteiger partial charge < -0.3 is 10.8 Å². The molecule has 1 unspecified atom stereocenters. The zero-order valence-electron chi connectivity index (χ0n) is 8.01. The third-order valence-corrected chi connectivity index (χ3v) is 2.70. The number of thioether (sulfide) groups is 1. The van der Waals surface area contributed by atoms with Gasteiger partial charge in [-0.2, -0.15) is 0 Å². The number of nitrogens with zero attached hydrogens (tertiary/aromatic N) is 1. The molecule has 1 aromatic heterocycles. The van der Waals surface area contributed by atoms with Crippen LogP contribution in [0.5, 0.6) is 0 Å². The van der Waals surface area contributed by atoms with E-state index in [0.717, 1.165) is 11.8 Å². The molecule has 0 spiro atoms. The number of carboxylic acids is 1. The van der Waals surface area contributed by atoms with Gasteiger partial charge in [-0.25, -0.2) is 4.98 Å². The van der Waals surface area contributed by atoms with Crippen molar-refractivity contribution in [2.75, 3.05) is 0 Å². The first-order valence-electron chi connectivity index (χ1n) is 4.16. The fourth-order valence-electron chi connectivity index (χ4n) is 0.827. The van der Waals surface area contributed by atoms with E-state index in [9.17, 15) is 9.59 Å². The molecule has 1 rings (SSSR count). The minimum absolute atomic E-state index is 0.308. The van der Waals surface area contributed by atoms with Crippen LogP contribution in [-0.2, 0) is 4.79 Å². The number of aromatic nitrogens is 1. The van der Waals surface area contributed by atoms with Gasteiger partial charge in [0.15, 0.2) is 0 Å². The number of aliphatic carboxylic acids is 1. The quantitative estimate of drug-likeness (QED) is 0.739. The van der Waals surface area contributed by atoms with Crippen LogP contribution in [0, 0.1) is 0 Å². The van der Waals surface area contributed by atoms with Gasteiger partial charge in [0, 0.05) is 6.20 Å². The van der Waals surface area contributed by atoms with E-state index in [1.807, 2.05) is 0 Å². The van der Waals surface area contributed by atoms with Gasteiger partial charge in [0.05, 0.1) is 10.6 Å². The summed E-state index contributed by atoms with van der Waals surface area (Å²) < 4.78 is 0. The Bertz CT molecular complexity index is 377. The zero-order chi connectivity index (χ0) is 11.4. The number of nitrogens with two attached hydrogens (primary N) is 1. The Morgan fingerprint density at radius 2 is 2.20 bits per heavy atom. The second-order valence-electron chi connectivity index (χ2n) is 2.85. The molecule has 5 nitrogen and oxygen atoms in total. The predicted molar refractivity (Wildman–Crippen MR) is 55.7 cm³/mol. The van der Waals surface area contributed by atoms with Crippen molar-refractivity contribution < 1.29 is 14.7 Å². The standard InChI is InChI=1S/C9H10N2O3S/c1-5(9(13)14)15-7-3-2-6(4-11-7)8(10)12/h2-5H,1H3,(H2,10,12)(H,13,14). The molecule has 1 heterocycles. The molecule has 0 aromatic carbocycles. The predicted octanol–water partition coefficient (Wildman–Crippen LogP) is 0.746. The molecule has 0 aliphatic rings. The summed E-state index contributed by atoms with van der Waals surface area (Å²) in [7, 11) is 0. The summed E-state index contributed by atoms with van der Waals surface area (Å²) in [5.74, 6) is -1.45. The summed E-state index contributed by atoms with van der Waals surface area (Å²) in [6, 6.07) is 3.09. The molecule has 3 N–H and O–H groups in total. The first-order valence-corrected chi connectivity index (χ1v) is 5.04. The van der Waals surface area contributed by atoms with Crippen LogP contribution in [0.1, 0.15) is 17.3 Å². The van der Waals surface area contributed by atoms with E-state index in [0.29, 0.717) is 10.6 Å². The summed E-state index contributed by atoms with van der Waals surface area (Å²) in [5.41, 5.74) is 5.34. The smallest absolute Gasteiger partial charge is 0.316 e. The molecule has 0 fully saturated rings. The zero-order valence-corrected chi connectivity index (χ0v) is 8.82. The molecule has 15 heavy (non-hydrogen) atoms. The Labute approximate surface area is 90.7 Å². The van der Waals surface area contributed by atoms with Gasteiger partial charge in [-0.15, -0.1) is 0 Å². The Morgan fingerprint density at radius 1 is 1.53 bits per heavy atom. The minimum atomic E-state index is -0.902. The van der Waals surface area contributed by atoms with Gasteiger partial charge in [-0.3, -0.25) is 9.59 Å². The number of carbonyl (C=O) groups is 2. The molecule has 1 atom stereocenters. The number of carboxylic acid groups (broad SMARTS) is 1. The Morgan fingerprint density at radius 3 is 2.60 bits per heavy atom. The Balaban J connectivity index is 2.72. The maximum absolute atomic E-state index is 10.7. The topological polar surface area (TPSA) is 93.3 Å². The largest absolute Gasteiger partial charge is 0.480 e. The highest BCUT2D eigenvalue weighted by Gasteiger charge is 2.13. The van der Waals surface area contributed by atoms with Crippen LogP contribution in [-0.4, -0.2) is 27.2 Å². The fraction of sp³-hybridized carbons (Fsp3) is 0.222. The van der Waals surface area contributed by atoms with Crippen molar-refractivity contribution in [1.29, 1.82) is 0 Å². The van der Waals surface area contributed by atoms with Crippen molar-refractivity contribution in [3.8, 4) is 0 Å². The summed E-state index contributed by atoms with van der Waals surface area (Å²) in [6.07, 6.45) is 1.33. The van der Waals surface area contributed by atoms with Gasteiger partial charge in [0.2, 0.25) is 5.91 Å². The fourth-order valence-corrected chi connectivity index (χ4v) is 1.55. The number of hydrogen-bond donors (Lipinski definition) is 2. The molecule has 1 amide bonds. The number of hydrogen-bond acceptors (Lipinski definition) is 4. The molecular formula is C9H10N2O3S. The van der Waals surface area contributed by atoms with Crippen molar-refractivity contribution in [1.82, 2.24) is 4.98 Å². The van der Waals surface area contributed by atoms with Crippen LogP contribution in [0.4, 0.5) is 0 Å². The van der Waals surface area contributed by atoms with Crippen molar-refractivity contribution in [3.05, 3.63) is 23.9 Å². The van der Waals surface area contributed by atoms with Crippen molar-refractivity contribution >= 4 is 23.6 Å². The molecule has 0 bridgehead atoms. The maximum atomic E-state index is 10.7. The van der Waals surface area contributed by atoms with Crippen LogP contribution in [0.3, 0.4) is 0 Å². The molecule has 6 heteroatoms. The van der Waals surface area contributed by atoms with Crippen molar-refractivity contribution in [3.63, 3.8) is 0 Å². The minimum Gasteiger partial charge on any atom is -0.480 e. The Kier molecular flexibility index (Phi) is 3.68. The third kappa shape index (κ3) is 3.25. The van der Waals surface area contributed by atoms with Gasteiger partial charge >= 0.3 is 5.97 Å². The summed E-state index contributed by atoms with van der Waals surface area (Å²) in [5, 5.41) is 8.64. The molecule has 80 valence electrons. The highest BCUT2D eigenvalue weighted by atomic mass is 32.2. The number of rotatable bonds is 4. The van der Waals surface area contributed by atoms with E-state index in [4.69, 9.17) is 10.8 Å². The second-order valence-corrected chi connectivity index (χ2v) is 4.21. The average Bonchev–Trinajstić information content (AvgIpc) is 2.18. The molecule has 0 aliphatic carbocycles. The van der Waals surface area contributed by atoms with Crippen LogP contribution in [0.25, 0.3) is 0 Å². The van der Waals surface area contributed by atoms with E-state index in [-0.39, 0.29) is 0 Å². The van der Waals surface area contributed by atoms with Crippen LogP contribution < -0.4 is 5.73 Å². The second kappa shape index (κ2) is 4.79. The monoisotopic (exact) mass is 226 g/mol. The van der Waals surface area contributed by atoms with E-state index in [2.05, 4.69) is 4.98 Å². The highest BCUT2D eigenvalue weighted by molar-refractivity contribution is 8.00. The van der Waals surface area contributed by atoms with Gasteiger partial charge in [-0.05, 0) is 19.1 Å². The normalized spacial score (nSPS) is 12.1. The number of primary amides is 1. The number of carbonyl (C=O) groups excluding carboxylic acids is 1.